The molecule has 1 nitrogen and oxygen atoms in total. The van der Waals surface area contributed by atoms with Crippen molar-refractivity contribution in [3.05, 3.63) is 41.6 Å². The van der Waals surface area contributed by atoms with E-state index >= 15 is 0 Å². The minimum Gasteiger partial charge on any atom is -0.677 e. The molecule has 1 aromatic carbocycles. The molecular weight excluding hydrogens is 117 g/mol. The second kappa shape index (κ2) is 5.55. The Bertz CT molecular complexity index is 162. The summed E-state index contributed by atoms with van der Waals surface area (Å²) in [6.07, 6.45) is 0.876. The fraction of sp³-hybridized carbons (Fsp3) is 0.250. The minimum atomic E-state index is 0. The summed E-state index contributed by atoms with van der Waals surface area (Å²) in [5, 5.41) is 0. The van der Waals surface area contributed by atoms with Crippen molar-refractivity contribution in [2.45, 2.75) is 6.42 Å². The molecule has 0 saturated carbocycles. The summed E-state index contributed by atoms with van der Waals surface area (Å²) in [6, 6.07) is 10.1. The zero-order valence-corrected chi connectivity index (χ0v) is 6.30. The first-order chi connectivity index (χ1) is 4.43. The second-order valence-electron chi connectivity index (χ2n) is 1.99. The van der Waals surface area contributed by atoms with Gasteiger partial charge in [0.15, 0.2) is 0 Å². The molecule has 48 valence electrons. The van der Waals surface area contributed by atoms with Gasteiger partial charge in [0.1, 0.15) is 0 Å². The van der Waals surface area contributed by atoms with Crippen molar-refractivity contribution in [3.8, 4) is 0 Å². The first kappa shape index (κ1) is 9.78. The molecule has 0 aliphatic heterocycles. The van der Waals surface area contributed by atoms with E-state index in [2.05, 4.69) is 12.1 Å². The van der Waals surface area contributed by atoms with Crippen LogP contribution in [0.4, 0.5) is 0 Å². The molecule has 0 aliphatic rings. The summed E-state index contributed by atoms with van der Waals surface area (Å²) in [6.45, 7) is 0.490. The third-order valence-electron chi connectivity index (χ3n) is 1.26. The van der Waals surface area contributed by atoms with Crippen LogP contribution in [-0.2, 0) is 6.42 Å². The Kier molecular flexibility index (Phi) is 5.43. The summed E-state index contributed by atoms with van der Waals surface area (Å²) in [5.74, 6) is 0. The molecule has 1 rings (SSSR count). The molecular formula is C8H10LiN. The maximum Gasteiger partial charge on any atom is 1.00 e. The fourth-order valence-electron chi connectivity index (χ4n) is 0.789. The van der Waals surface area contributed by atoms with Gasteiger partial charge < -0.3 is 5.73 Å². The smallest absolute Gasteiger partial charge is 0.677 e. The van der Waals surface area contributed by atoms with Crippen molar-refractivity contribution in [3.63, 3.8) is 0 Å². The van der Waals surface area contributed by atoms with Crippen LogP contribution >= 0.6 is 0 Å². The summed E-state index contributed by atoms with van der Waals surface area (Å²) in [4.78, 5) is 0. The van der Waals surface area contributed by atoms with Crippen LogP contribution in [0.15, 0.2) is 30.3 Å². The molecule has 0 amide bonds. The normalized spacial score (nSPS) is 8.50. The predicted molar refractivity (Wildman–Crippen MR) is 39.3 cm³/mol. The van der Waals surface area contributed by atoms with Gasteiger partial charge in [-0.1, -0.05) is 30.3 Å². The van der Waals surface area contributed by atoms with Crippen molar-refractivity contribution in [1.82, 2.24) is 0 Å². The van der Waals surface area contributed by atoms with E-state index in [9.17, 15) is 0 Å². The predicted octanol–water partition coefficient (Wildman–Crippen LogP) is -0.715. The van der Waals surface area contributed by atoms with E-state index in [4.69, 9.17) is 5.73 Å². The molecule has 0 saturated heterocycles. The van der Waals surface area contributed by atoms with Crippen molar-refractivity contribution in [1.29, 1.82) is 0 Å². The van der Waals surface area contributed by atoms with Gasteiger partial charge in [0.05, 0.1) is 0 Å². The molecule has 0 radical (unpaired) electrons. The molecule has 1 N–H and O–H groups in total. The van der Waals surface area contributed by atoms with Crippen LogP contribution in [0.3, 0.4) is 0 Å². The Morgan fingerprint density at radius 2 is 1.70 bits per heavy atom. The van der Waals surface area contributed by atoms with E-state index < -0.39 is 0 Å². The molecule has 0 aliphatic carbocycles. The van der Waals surface area contributed by atoms with Crippen LogP contribution in [0.25, 0.3) is 5.73 Å². The number of nitrogens with one attached hydrogen (secondary N) is 1. The topological polar surface area (TPSA) is 23.8 Å². The molecule has 0 fully saturated rings. The van der Waals surface area contributed by atoms with Gasteiger partial charge in [-0.3, -0.25) is 0 Å². The van der Waals surface area contributed by atoms with Gasteiger partial charge in [0, 0.05) is 0 Å². The first-order valence-corrected chi connectivity index (χ1v) is 3.12. The van der Waals surface area contributed by atoms with E-state index in [1.54, 1.807) is 0 Å². The van der Waals surface area contributed by atoms with Gasteiger partial charge in [-0.05, 0) is 12.0 Å². The van der Waals surface area contributed by atoms with Gasteiger partial charge in [0.25, 0.3) is 0 Å². The molecule has 0 aromatic heterocycles. The average Bonchev–Trinajstić information content (AvgIpc) is 1.91. The monoisotopic (exact) mass is 127 g/mol. The van der Waals surface area contributed by atoms with E-state index in [0.717, 1.165) is 6.42 Å². The number of benzene rings is 1. The fourth-order valence-corrected chi connectivity index (χ4v) is 0.789. The molecule has 0 heterocycles. The van der Waals surface area contributed by atoms with Crippen LogP contribution in [0.5, 0.6) is 0 Å². The van der Waals surface area contributed by atoms with Gasteiger partial charge in [-0.15, -0.1) is 6.54 Å². The Hall–Kier alpha value is -0.223. The summed E-state index contributed by atoms with van der Waals surface area (Å²) in [7, 11) is 0. The number of hydrogen-bond donors (Lipinski definition) is 0. The third kappa shape index (κ3) is 3.08. The van der Waals surface area contributed by atoms with Gasteiger partial charge in [0.2, 0.25) is 0 Å². The van der Waals surface area contributed by atoms with Crippen molar-refractivity contribution < 1.29 is 18.9 Å². The van der Waals surface area contributed by atoms with E-state index in [0.29, 0.717) is 6.54 Å². The molecule has 0 spiro atoms. The van der Waals surface area contributed by atoms with Gasteiger partial charge in [-0.25, -0.2) is 0 Å². The van der Waals surface area contributed by atoms with Crippen LogP contribution < -0.4 is 18.9 Å². The Labute approximate surface area is 73.8 Å². The van der Waals surface area contributed by atoms with E-state index in [-0.39, 0.29) is 18.9 Å². The van der Waals surface area contributed by atoms with Crippen molar-refractivity contribution in [2.24, 2.45) is 0 Å². The van der Waals surface area contributed by atoms with Crippen LogP contribution in [0.1, 0.15) is 5.56 Å². The molecule has 10 heavy (non-hydrogen) atoms. The number of hydrogen-bond acceptors (Lipinski definition) is 0. The molecule has 0 bridgehead atoms. The first-order valence-electron chi connectivity index (χ1n) is 3.12. The largest absolute Gasteiger partial charge is 1.00 e. The molecule has 1 aromatic rings. The quantitative estimate of drug-likeness (QED) is 0.468. The number of rotatable bonds is 2. The summed E-state index contributed by atoms with van der Waals surface area (Å²) < 4.78 is 0. The van der Waals surface area contributed by atoms with Crippen LogP contribution in [0.2, 0.25) is 0 Å². The zero-order valence-electron chi connectivity index (χ0n) is 6.30. The maximum atomic E-state index is 6.94. The standard InChI is InChI=1S/C8H10N.Li/c9-7-6-8-4-2-1-3-5-8;/h1-5,9H,6-7H2;/q-1;+1. The van der Waals surface area contributed by atoms with Gasteiger partial charge >= 0.3 is 18.9 Å². The van der Waals surface area contributed by atoms with Crippen LogP contribution in [-0.4, -0.2) is 6.54 Å². The summed E-state index contributed by atoms with van der Waals surface area (Å²) in [5.41, 5.74) is 8.20. The Morgan fingerprint density at radius 3 is 2.20 bits per heavy atom. The van der Waals surface area contributed by atoms with E-state index in [1.165, 1.54) is 5.56 Å². The Morgan fingerprint density at radius 1 is 1.10 bits per heavy atom. The molecule has 0 atom stereocenters. The van der Waals surface area contributed by atoms with Crippen LogP contribution in [0, 0.1) is 0 Å². The summed E-state index contributed by atoms with van der Waals surface area (Å²) >= 11 is 0. The third-order valence-corrected chi connectivity index (χ3v) is 1.26. The minimum absolute atomic E-state index is 0. The maximum absolute atomic E-state index is 6.94. The molecule has 2 heteroatoms. The van der Waals surface area contributed by atoms with E-state index in [1.807, 2.05) is 18.2 Å². The zero-order chi connectivity index (χ0) is 6.53. The average molecular weight is 127 g/mol. The SMILES string of the molecule is [Li+].[NH-]CCc1ccccc1. The van der Waals surface area contributed by atoms with Crippen molar-refractivity contribution in [2.75, 3.05) is 6.54 Å². The molecule has 0 unspecified atom stereocenters. The van der Waals surface area contributed by atoms with Crippen molar-refractivity contribution >= 4 is 0 Å². The van der Waals surface area contributed by atoms with Gasteiger partial charge in [-0.2, -0.15) is 0 Å². The second-order valence-corrected chi connectivity index (χ2v) is 1.99. The Balaban J connectivity index is 0.000000810.